The van der Waals surface area contributed by atoms with Crippen LogP contribution in [0.15, 0.2) is 0 Å². The number of ether oxygens (including phenoxy) is 2. The van der Waals surface area contributed by atoms with Crippen LogP contribution in [0.5, 0.6) is 0 Å². The average Bonchev–Trinajstić information content (AvgIpc) is 2.59. The van der Waals surface area contributed by atoms with Crippen molar-refractivity contribution in [3.05, 3.63) is 0 Å². The molecule has 0 radical (unpaired) electrons. The fourth-order valence-electron chi connectivity index (χ4n) is 2.97. The molecule has 0 amide bonds. The van der Waals surface area contributed by atoms with Crippen LogP contribution in [-0.2, 0) is 9.47 Å². The smallest absolute Gasteiger partial charge is 0.0491 e. The van der Waals surface area contributed by atoms with Crippen LogP contribution in [0.2, 0.25) is 0 Å². The predicted octanol–water partition coefficient (Wildman–Crippen LogP) is 7.16. The van der Waals surface area contributed by atoms with Crippen molar-refractivity contribution in [1.82, 2.24) is 0 Å². The maximum atomic E-state index is 5.80. The van der Waals surface area contributed by atoms with E-state index >= 15 is 0 Å². The van der Waals surface area contributed by atoms with Gasteiger partial charge in [0.15, 0.2) is 0 Å². The molecule has 0 fully saturated rings. The molecule has 0 saturated heterocycles. The van der Waals surface area contributed by atoms with Crippen molar-refractivity contribution < 1.29 is 9.47 Å². The molecule has 24 heavy (non-hydrogen) atoms. The summed E-state index contributed by atoms with van der Waals surface area (Å²) < 4.78 is 11.5. The average molecular weight is 343 g/mol. The summed E-state index contributed by atoms with van der Waals surface area (Å²) >= 11 is 0. The third-order valence-electron chi connectivity index (χ3n) is 4.67. The van der Waals surface area contributed by atoms with Crippen LogP contribution in [-0.4, -0.2) is 26.4 Å². The first-order valence-corrected chi connectivity index (χ1v) is 11.0. The Morgan fingerprint density at radius 3 is 1.58 bits per heavy atom. The Hall–Kier alpha value is -0.0800. The van der Waals surface area contributed by atoms with E-state index < -0.39 is 0 Å². The number of rotatable bonds is 20. The maximum absolute atomic E-state index is 5.80. The molecule has 0 aliphatic rings. The molecule has 1 atom stereocenters. The zero-order chi connectivity index (χ0) is 17.7. The standard InChI is InChI=1S/C22H46O2/c1-4-6-8-10-12-14-18-23-20-16-17-22(3)21-24-19-15-13-11-9-7-5-2/h22H,4-21H2,1-3H3. The second-order valence-electron chi connectivity index (χ2n) is 7.47. The van der Waals surface area contributed by atoms with Gasteiger partial charge < -0.3 is 9.47 Å². The summed E-state index contributed by atoms with van der Waals surface area (Å²) in [6.07, 6.45) is 18.5. The highest BCUT2D eigenvalue weighted by atomic mass is 16.5. The molecular weight excluding hydrogens is 296 g/mol. The highest BCUT2D eigenvalue weighted by molar-refractivity contribution is 4.52. The summed E-state index contributed by atoms with van der Waals surface area (Å²) in [5.41, 5.74) is 0. The van der Waals surface area contributed by atoms with Gasteiger partial charge in [-0.05, 0) is 31.6 Å². The largest absolute Gasteiger partial charge is 0.381 e. The van der Waals surface area contributed by atoms with Gasteiger partial charge in [-0.3, -0.25) is 0 Å². The van der Waals surface area contributed by atoms with Gasteiger partial charge in [0.1, 0.15) is 0 Å². The quantitative estimate of drug-likeness (QED) is 0.219. The Kier molecular flexibility index (Phi) is 20.9. The molecular formula is C22H46O2. The molecule has 146 valence electrons. The molecule has 0 aliphatic carbocycles. The Morgan fingerprint density at radius 2 is 1.00 bits per heavy atom. The van der Waals surface area contributed by atoms with Gasteiger partial charge in [0.05, 0.1) is 0 Å². The lowest BCUT2D eigenvalue weighted by atomic mass is 10.1. The first-order valence-electron chi connectivity index (χ1n) is 11.0. The van der Waals surface area contributed by atoms with Crippen LogP contribution in [0.25, 0.3) is 0 Å². The minimum Gasteiger partial charge on any atom is -0.381 e. The summed E-state index contributed by atoms with van der Waals surface area (Å²) in [4.78, 5) is 0. The van der Waals surface area contributed by atoms with E-state index in [2.05, 4.69) is 20.8 Å². The number of unbranched alkanes of at least 4 members (excludes halogenated alkanes) is 10. The van der Waals surface area contributed by atoms with E-state index in [1.165, 1.54) is 89.9 Å². The highest BCUT2D eigenvalue weighted by Crippen LogP contribution is 2.09. The van der Waals surface area contributed by atoms with Gasteiger partial charge in [0, 0.05) is 26.4 Å². The van der Waals surface area contributed by atoms with Gasteiger partial charge in [-0.2, -0.15) is 0 Å². The van der Waals surface area contributed by atoms with E-state index in [-0.39, 0.29) is 0 Å². The lowest BCUT2D eigenvalue weighted by molar-refractivity contribution is 0.0874. The summed E-state index contributed by atoms with van der Waals surface area (Å²) in [6, 6.07) is 0. The second kappa shape index (κ2) is 21.0. The molecule has 0 aromatic heterocycles. The third kappa shape index (κ3) is 20.0. The van der Waals surface area contributed by atoms with Crippen molar-refractivity contribution in [3.63, 3.8) is 0 Å². The molecule has 0 aromatic rings. The van der Waals surface area contributed by atoms with Crippen molar-refractivity contribution in [1.29, 1.82) is 0 Å². The van der Waals surface area contributed by atoms with Crippen molar-refractivity contribution in [3.8, 4) is 0 Å². The van der Waals surface area contributed by atoms with E-state index in [0.29, 0.717) is 5.92 Å². The van der Waals surface area contributed by atoms with Gasteiger partial charge in [-0.1, -0.05) is 85.0 Å². The first-order chi connectivity index (χ1) is 11.8. The van der Waals surface area contributed by atoms with Gasteiger partial charge in [-0.25, -0.2) is 0 Å². The van der Waals surface area contributed by atoms with Crippen LogP contribution < -0.4 is 0 Å². The minimum atomic E-state index is 0.669. The summed E-state index contributed by atoms with van der Waals surface area (Å²) in [5.74, 6) is 0.669. The molecule has 0 aliphatic heterocycles. The Labute approximate surface area is 153 Å². The zero-order valence-corrected chi connectivity index (χ0v) is 17.1. The van der Waals surface area contributed by atoms with Crippen LogP contribution in [0, 0.1) is 5.92 Å². The molecule has 0 bridgehead atoms. The third-order valence-corrected chi connectivity index (χ3v) is 4.67. The fourth-order valence-corrected chi connectivity index (χ4v) is 2.97. The monoisotopic (exact) mass is 342 g/mol. The van der Waals surface area contributed by atoms with E-state index in [0.717, 1.165) is 26.4 Å². The zero-order valence-electron chi connectivity index (χ0n) is 17.1. The lowest BCUT2D eigenvalue weighted by Gasteiger charge is -2.12. The summed E-state index contributed by atoms with van der Waals surface area (Å²) in [6.45, 7) is 10.6. The van der Waals surface area contributed by atoms with Crippen molar-refractivity contribution in [2.24, 2.45) is 5.92 Å². The molecule has 2 nitrogen and oxygen atoms in total. The molecule has 1 unspecified atom stereocenters. The minimum absolute atomic E-state index is 0.669. The van der Waals surface area contributed by atoms with Gasteiger partial charge in [-0.15, -0.1) is 0 Å². The first kappa shape index (κ1) is 23.9. The van der Waals surface area contributed by atoms with Crippen molar-refractivity contribution >= 4 is 0 Å². The van der Waals surface area contributed by atoms with Crippen LogP contribution in [0.3, 0.4) is 0 Å². The molecule has 0 heterocycles. The SMILES string of the molecule is CCCCCCCCOCCCC(C)COCCCCCCCC. The van der Waals surface area contributed by atoms with Gasteiger partial charge in [0.2, 0.25) is 0 Å². The summed E-state index contributed by atoms with van der Waals surface area (Å²) in [7, 11) is 0. The molecule has 0 saturated carbocycles. The van der Waals surface area contributed by atoms with Crippen LogP contribution in [0.4, 0.5) is 0 Å². The molecule has 0 rings (SSSR count). The Morgan fingerprint density at radius 1 is 0.542 bits per heavy atom. The molecule has 0 spiro atoms. The lowest BCUT2D eigenvalue weighted by Crippen LogP contribution is -2.08. The summed E-state index contributed by atoms with van der Waals surface area (Å²) in [5, 5.41) is 0. The topological polar surface area (TPSA) is 18.5 Å². The van der Waals surface area contributed by atoms with Gasteiger partial charge >= 0.3 is 0 Å². The van der Waals surface area contributed by atoms with Crippen LogP contribution >= 0.6 is 0 Å². The van der Waals surface area contributed by atoms with Crippen LogP contribution in [0.1, 0.15) is 111 Å². The normalized spacial score (nSPS) is 12.6. The molecule has 0 N–H and O–H groups in total. The Bertz CT molecular complexity index is 218. The predicted molar refractivity (Wildman–Crippen MR) is 107 cm³/mol. The number of hydrogen-bond acceptors (Lipinski definition) is 2. The molecule has 0 aromatic carbocycles. The highest BCUT2D eigenvalue weighted by Gasteiger charge is 2.02. The van der Waals surface area contributed by atoms with E-state index in [9.17, 15) is 0 Å². The van der Waals surface area contributed by atoms with Crippen molar-refractivity contribution in [2.75, 3.05) is 26.4 Å². The Balaban J connectivity index is 3.11. The number of hydrogen-bond donors (Lipinski definition) is 0. The van der Waals surface area contributed by atoms with E-state index in [1.54, 1.807) is 0 Å². The van der Waals surface area contributed by atoms with E-state index in [4.69, 9.17) is 9.47 Å². The fraction of sp³-hybridized carbons (Fsp3) is 1.00. The van der Waals surface area contributed by atoms with Crippen molar-refractivity contribution in [2.45, 2.75) is 111 Å². The molecule has 2 heteroatoms. The van der Waals surface area contributed by atoms with Gasteiger partial charge in [0.25, 0.3) is 0 Å². The van der Waals surface area contributed by atoms with E-state index in [1.807, 2.05) is 0 Å². The second-order valence-corrected chi connectivity index (χ2v) is 7.47. The maximum Gasteiger partial charge on any atom is 0.0491 e.